The van der Waals surface area contributed by atoms with Gasteiger partial charge in [-0.15, -0.1) is 0 Å². The third-order valence-electron chi connectivity index (χ3n) is 3.99. The first kappa shape index (κ1) is 22.8. The second-order valence-corrected chi connectivity index (χ2v) is 7.22. The molecule has 0 aliphatic carbocycles. The van der Waals surface area contributed by atoms with Crippen molar-refractivity contribution in [2.75, 3.05) is 49.9 Å². The molecule has 2 aromatic carbocycles. The summed E-state index contributed by atoms with van der Waals surface area (Å²) in [6.45, 7) is 1.05. The fourth-order valence-electron chi connectivity index (χ4n) is 2.59. The van der Waals surface area contributed by atoms with Crippen molar-refractivity contribution < 1.29 is 14.3 Å². The minimum absolute atomic E-state index is 0.233. The smallest absolute Gasteiger partial charge is 0.323 e. The summed E-state index contributed by atoms with van der Waals surface area (Å²) < 4.78 is 4.99. The fourth-order valence-corrected chi connectivity index (χ4v) is 3.08. The predicted octanol–water partition coefficient (Wildman–Crippen LogP) is 4.47. The largest absolute Gasteiger partial charge is 0.385 e. The van der Waals surface area contributed by atoms with Crippen molar-refractivity contribution in [2.24, 2.45) is 0 Å². The zero-order valence-electron chi connectivity index (χ0n) is 16.5. The van der Waals surface area contributed by atoms with E-state index in [1.807, 2.05) is 19.0 Å². The lowest BCUT2D eigenvalue weighted by Crippen LogP contribution is -2.27. The molecular weight excluding hydrogens is 415 g/mol. The lowest BCUT2D eigenvalue weighted by atomic mass is 10.1. The van der Waals surface area contributed by atoms with Gasteiger partial charge in [-0.3, -0.25) is 4.79 Å². The third kappa shape index (κ3) is 6.52. The summed E-state index contributed by atoms with van der Waals surface area (Å²) in [4.78, 5) is 26.8. The molecule has 9 heteroatoms. The van der Waals surface area contributed by atoms with Gasteiger partial charge in [-0.1, -0.05) is 29.3 Å². The zero-order valence-corrected chi connectivity index (χ0v) is 18.0. The van der Waals surface area contributed by atoms with Gasteiger partial charge in [-0.2, -0.15) is 0 Å². The van der Waals surface area contributed by atoms with E-state index in [1.165, 1.54) is 0 Å². The van der Waals surface area contributed by atoms with Gasteiger partial charge in [0.25, 0.3) is 5.91 Å². The summed E-state index contributed by atoms with van der Waals surface area (Å²) >= 11 is 12.2. The van der Waals surface area contributed by atoms with Gasteiger partial charge in [0.05, 0.1) is 21.3 Å². The maximum atomic E-state index is 12.6. The van der Waals surface area contributed by atoms with Gasteiger partial charge in [-0.05, 0) is 36.8 Å². The van der Waals surface area contributed by atoms with E-state index in [-0.39, 0.29) is 5.91 Å². The molecule has 2 aromatic rings. The molecule has 29 heavy (non-hydrogen) atoms. The third-order valence-corrected chi connectivity index (χ3v) is 4.62. The van der Waals surface area contributed by atoms with Gasteiger partial charge in [-0.25, -0.2) is 4.79 Å². The van der Waals surface area contributed by atoms with Crippen molar-refractivity contribution in [3.63, 3.8) is 0 Å². The summed E-state index contributed by atoms with van der Waals surface area (Å²) in [5.74, 6) is -0.233. The Morgan fingerprint density at radius 3 is 2.38 bits per heavy atom. The quantitative estimate of drug-likeness (QED) is 0.530. The van der Waals surface area contributed by atoms with Crippen LogP contribution in [0.15, 0.2) is 36.4 Å². The first-order valence-corrected chi connectivity index (χ1v) is 9.69. The predicted molar refractivity (Wildman–Crippen MR) is 119 cm³/mol. The Balaban J connectivity index is 2.14. The minimum atomic E-state index is -0.524. The van der Waals surface area contributed by atoms with E-state index in [9.17, 15) is 9.59 Å². The number of anilines is 3. The van der Waals surface area contributed by atoms with Gasteiger partial charge >= 0.3 is 6.03 Å². The SMILES string of the molecule is COCCCNC(=O)c1cc(NC(=O)Nc2c(Cl)cccc2Cl)ccc1N(C)C. The Labute approximate surface area is 180 Å². The maximum Gasteiger partial charge on any atom is 0.323 e. The van der Waals surface area contributed by atoms with E-state index >= 15 is 0 Å². The number of benzene rings is 2. The molecule has 0 radical (unpaired) electrons. The Hall–Kier alpha value is -2.48. The molecule has 0 aliphatic rings. The standard InChI is InChI=1S/C20H24Cl2N4O3/c1-26(2)17-9-8-13(12-14(17)19(27)23-10-5-11-29-3)24-20(28)25-18-15(21)6-4-7-16(18)22/h4,6-9,12H,5,10-11H2,1-3H3,(H,23,27)(H2,24,25,28). The first-order chi connectivity index (χ1) is 13.8. The van der Waals surface area contributed by atoms with Crippen molar-refractivity contribution in [1.29, 1.82) is 0 Å². The number of hydrogen-bond acceptors (Lipinski definition) is 4. The molecule has 156 valence electrons. The second kappa shape index (κ2) is 10.9. The number of para-hydroxylation sites is 1. The molecule has 3 N–H and O–H groups in total. The molecule has 3 amide bonds. The average molecular weight is 439 g/mol. The van der Waals surface area contributed by atoms with Crippen LogP contribution >= 0.6 is 23.2 Å². The topological polar surface area (TPSA) is 82.7 Å². The fraction of sp³-hybridized carbons (Fsp3) is 0.300. The van der Waals surface area contributed by atoms with E-state index in [4.69, 9.17) is 27.9 Å². The van der Waals surface area contributed by atoms with Crippen LogP contribution in [-0.2, 0) is 4.74 Å². The van der Waals surface area contributed by atoms with Crippen LogP contribution < -0.4 is 20.9 Å². The monoisotopic (exact) mass is 438 g/mol. The lowest BCUT2D eigenvalue weighted by molar-refractivity contribution is 0.0949. The van der Waals surface area contributed by atoms with Crippen molar-refractivity contribution in [3.05, 3.63) is 52.0 Å². The number of halogens is 2. The van der Waals surface area contributed by atoms with Crippen molar-refractivity contribution >= 4 is 52.2 Å². The van der Waals surface area contributed by atoms with Crippen LogP contribution in [0.25, 0.3) is 0 Å². The van der Waals surface area contributed by atoms with Crippen LogP contribution in [0.4, 0.5) is 21.9 Å². The van der Waals surface area contributed by atoms with Gasteiger partial charge in [0.1, 0.15) is 0 Å². The zero-order chi connectivity index (χ0) is 21.4. The summed E-state index contributed by atoms with van der Waals surface area (Å²) in [7, 11) is 5.30. The molecule has 0 bridgehead atoms. The van der Waals surface area contributed by atoms with Gasteiger partial charge in [0.2, 0.25) is 0 Å². The number of ether oxygens (including phenoxy) is 1. The van der Waals surface area contributed by atoms with E-state index in [0.29, 0.717) is 46.6 Å². The Morgan fingerprint density at radius 2 is 1.76 bits per heavy atom. The number of hydrogen-bond donors (Lipinski definition) is 3. The normalized spacial score (nSPS) is 10.4. The van der Waals surface area contributed by atoms with Gasteiger partial charge < -0.3 is 25.6 Å². The van der Waals surface area contributed by atoms with E-state index in [0.717, 1.165) is 5.69 Å². The van der Waals surface area contributed by atoms with Crippen molar-refractivity contribution in [2.45, 2.75) is 6.42 Å². The first-order valence-electron chi connectivity index (χ1n) is 8.94. The van der Waals surface area contributed by atoms with Crippen molar-refractivity contribution in [1.82, 2.24) is 5.32 Å². The lowest BCUT2D eigenvalue weighted by Gasteiger charge is -2.19. The number of methoxy groups -OCH3 is 1. The highest BCUT2D eigenvalue weighted by Gasteiger charge is 2.15. The van der Waals surface area contributed by atoms with E-state index in [1.54, 1.807) is 43.5 Å². The molecular formula is C20H24Cl2N4O3. The average Bonchev–Trinajstić information content (AvgIpc) is 2.68. The van der Waals surface area contributed by atoms with E-state index < -0.39 is 6.03 Å². The number of amides is 3. The highest BCUT2D eigenvalue weighted by atomic mass is 35.5. The summed E-state index contributed by atoms with van der Waals surface area (Å²) in [5.41, 5.74) is 1.95. The van der Waals surface area contributed by atoms with Crippen LogP contribution in [0.3, 0.4) is 0 Å². The van der Waals surface area contributed by atoms with Crippen LogP contribution in [-0.4, -0.2) is 46.3 Å². The van der Waals surface area contributed by atoms with Crippen LogP contribution in [0.5, 0.6) is 0 Å². The summed E-state index contributed by atoms with van der Waals surface area (Å²) in [5, 5.41) is 8.83. The molecule has 0 heterocycles. The molecule has 0 saturated carbocycles. The number of nitrogens with one attached hydrogen (secondary N) is 3. The molecule has 0 atom stereocenters. The van der Waals surface area contributed by atoms with Crippen LogP contribution in [0.2, 0.25) is 10.0 Å². The van der Waals surface area contributed by atoms with Crippen molar-refractivity contribution in [3.8, 4) is 0 Å². The minimum Gasteiger partial charge on any atom is -0.385 e. The highest BCUT2D eigenvalue weighted by molar-refractivity contribution is 6.39. The molecule has 0 aromatic heterocycles. The number of rotatable bonds is 8. The summed E-state index contributed by atoms with van der Waals surface area (Å²) in [6.07, 6.45) is 0.707. The Kier molecular flexibility index (Phi) is 8.57. The number of urea groups is 1. The molecule has 7 nitrogen and oxygen atoms in total. The van der Waals surface area contributed by atoms with Gasteiger partial charge in [0.15, 0.2) is 0 Å². The van der Waals surface area contributed by atoms with E-state index in [2.05, 4.69) is 16.0 Å². The number of nitrogens with zero attached hydrogens (tertiary/aromatic N) is 1. The second-order valence-electron chi connectivity index (χ2n) is 6.40. The molecule has 0 unspecified atom stereocenters. The Morgan fingerprint density at radius 1 is 1.07 bits per heavy atom. The van der Waals surface area contributed by atoms with Gasteiger partial charge in [0, 0.05) is 45.7 Å². The molecule has 0 saturated heterocycles. The Bertz CT molecular complexity index is 855. The number of carbonyl (C=O) groups is 2. The maximum absolute atomic E-state index is 12.6. The molecule has 2 rings (SSSR count). The summed E-state index contributed by atoms with van der Waals surface area (Å²) in [6, 6.07) is 9.51. The number of carbonyl (C=O) groups excluding carboxylic acids is 2. The van der Waals surface area contributed by atoms with Crippen LogP contribution in [0, 0.1) is 0 Å². The highest BCUT2D eigenvalue weighted by Crippen LogP contribution is 2.30. The molecule has 0 aliphatic heterocycles. The molecule has 0 fully saturated rings. The molecule has 0 spiro atoms. The van der Waals surface area contributed by atoms with Crippen LogP contribution in [0.1, 0.15) is 16.8 Å².